The van der Waals surface area contributed by atoms with Gasteiger partial charge in [-0.3, -0.25) is 9.59 Å². The lowest BCUT2D eigenvalue weighted by Crippen LogP contribution is -2.41. The molecule has 0 aliphatic carbocycles. The Morgan fingerprint density at radius 1 is 1.45 bits per heavy atom. The fourth-order valence-corrected chi connectivity index (χ4v) is 3.28. The number of carbonyl (C=O) groups is 2. The molecule has 1 aromatic carbocycles. The molecule has 0 radical (unpaired) electrons. The largest absolute Gasteiger partial charge is 0.481 e. The molecule has 1 fully saturated rings. The summed E-state index contributed by atoms with van der Waals surface area (Å²) in [4.78, 5) is 25.6. The van der Waals surface area contributed by atoms with Gasteiger partial charge in [-0.05, 0) is 36.1 Å². The van der Waals surface area contributed by atoms with Crippen LogP contribution >= 0.6 is 15.9 Å². The van der Waals surface area contributed by atoms with Gasteiger partial charge in [0.15, 0.2) is 0 Å². The smallest absolute Gasteiger partial charge is 0.311 e. The molecule has 1 aliphatic rings. The predicted octanol–water partition coefficient (Wildman–Crippen LogP) is 3.09. The van der Waals surface area contributed by atoms with Gasteiger partial charge in [-0.25, -0.2) is 4.39 Å². The molecular formula is C16H19BrFNO3. The van der Waals surface area contributed by atoms with E-state index in [0.29, 0.717) is 23.0 Å². The molecule has 1 unspecified atom stereocenters. The monoisotopic (exact) mass is 371 g/mol. The van der Waals surface area contributed by atoms with Gasteiger partial charge in [-0.2, -0.15) is 0 Å². The second-order valence-corrected chi connectivity index (χ2v) is 6.95. The van der Waals surface area contributed by atoms with Crippen LogP contribution in [0.25, 0.3) is 0 Å². The lowest BCUT2D eigenvalue weighted by atomic mass is 9.76. The van der Waals surface area contributed by atoms with Crippen molar-refractivity contribution < 1.29 is 19.1 Å². The Balaban J connectivity index is 2.12. The number of benzene rings is 1. The summed E-state index contributed by atoms with van der Waals surface area (Å²) < 4.78 is 14.0. The minimum Gasteiger partial charge on any atom is -0.481 e. The van der Waals surface area contributed by atoms with Crippen LogP contribution < -0.4 is 0 Å². The third kappa shape index (κ3) is 3.16. The summed E-state index contributed by atoms with van der Waals surface area (Å²) in [6.45, 7) is 4.37. The molecule has 1 aromatic rings. The van der Waals surface area contributed by atoms with Crippen LogP contribution in [0.1, 0.15) is 25.8 Å². The van der Waals surface area contributed by atoms with Crippen molar-refractivity contribution in [3.63, 3.8) is 0 Å². The van der Waals surface area contributed by atoms with E-state index in [4.69, 9.17) is 0 Å². The van der Waals surface area contributed by atoms with Crippen LogP contribution in [0, 0.1) is 17.2 Å². The van der Waals surface area contributed by atoms with Gasteiger partial charge in [-0.15, -0.1) is 0 Å². The predicted molar refractivity (Wildman–Crippen MR) is 83.9 cm³/mol. The molecule has 0 aromatic heterocycles. The fourth-order valence-electron chi connectivity index (χ4n) is 2.89. The Bertz CT molecular complexity index is 605. The maximum Gasteiger partial charge on any atom is 0.311 e. The fraction of sp³-hybridized carbons (Fsp3) is 0.500. The summed E-state index contributed by atoms with van der Waals surface area (Å²) in [5.74, 6) is -1.47. The van der Waals surface area contributed by atoms with Gasteiger partial charge in [0, 0.05) is 17.6 Å². The van der Waals surface area contributed by atoms with Crippen molar-refractivity contribution in [1.29, 1.82) is 0 Å². The molecule has 1 saturated heterocycles. The van der Waals surface area contributed by atoms with Crippen molar-refractivity contribution in [2.45, 2.75) is 26.7 Å². The van der Waals surface area contributed by atoms with Crippen molar-refractivity contribution in [3.8, 4) is 0 Å². The van der Waals surface area contributed by atoms with Gasteiger partial charge in [0.25, 0.3) is 0 Å². The summed E-state index contributed by atoms with van der Waals surface area (Å²) in [7, 11) is 0. The Kier molecular flexibility index (Phi) is 4.90. The van der Waals surface area contributed by atoms with E-state index in [1.54, 1.807) is 11.0 Å². The lowest BCUT2D eigenvalue weighted by Gasteiger charge is -2.28. The zero-order chi connectivity index (χ0) is 16.5. The number of amides is 1. The van der Waals surface area contributed by atoms with Gasteiger partial charge in [0.05, 0.1) is 11.8 Å². The van der Waals surface area contributed by atoms with Crippen molar-refractivity contribution in [2.24, 2.45) is 11.3 Å². The van der Waals surface area contributed by atoms with Crippen LogP contribution in [0.5, 0.6) is 0 Å². The molecule has 4 nitrogen and oxygen atoms in total. The molecular weight excluding hydrogens is 353 g/mol. The van der Waals surface area contributed by atoms with Crippen LogP contribution in [0.15, 0.2) is 22.7 Å². The Hall–Kier alpha value is -1.43. The van der Waals surface area contributed by atoms with E-state index in [1.807, 2.05) is 13.8 Å². The highest BCUT2D eigenvalue weighted by molar-refractivity contribution is 9.10. The molecule has 1 aliphatic heterocycles. The number of carboxylic acid groups (broad SMARTS) is 1. The molecule has 0 bridgehead atoms. The van der Waals surface area contributed by atoms with Crippen molar-refractivity contribution >= 4 is 27.8 Å². The summed E-state index contributed by atoms with van der Waals surface area (Å²) in [5.41, 5.74) is -0.308. The number of halogens is 2. The number of carboxylic acids is 1. The summed E-state index contributed by atoms with van der Waals surface area (Å²) in [6.07, 6.45) is 0.516. The maximum atomic E-state index is 13.3. The van der Waals surface area contributed by atoms with E-state index >= 15 is 0 Å². The van der Waals surface area contributed by atoms with Crippen LogP contribution in [0.3, 0.4) is 0 Å². The van der Waals surface area contributed by atoms with Gasteiger partial charge < -0.3 is 10.0 Å². The second kappa shape index (κ2) is 6.36. The number of rotatable bonds is 4. The highest BCUT2D eigenvalue weighted by Crippen LogP contribution is 2.38. The molecule has 6 heteroatoms. The van der Waals surface area contributed by atoms with Crippen molar-refractivity contribution in [2.75, 3.05) is 13.1 Å². The lowest BCUT2D eigenvalue weighted by molar-refractivity contribution is -0.151. The third-order valence-corrected chi connectivity index (χ3v) is 5.31. The molecule has 2 rings (SSSR count). The first-order chi connectivity index (χ1) is 10.3. The first-order valence-electron chi connectivity index (χ1n) is 7.21. The van der Waals surface area contributed by atoms with Crippen LogP contribution in [-0.4, -0.2) is 35.0 Å². The van der Waals surface area contributed by atoms with Crippen molar-refractivity contribution in [3.05, 3.63) is 34.1 Å². The first-order valence-corrected chi connectivity index (χ1v) is 8.00. The summed E-state index contributed by atoms with van der Waals surface area (Å²) in [5, 5.41) is 9.51. The Labute approximate surface area is 137 Å². The van der Waals surface area contributed by atoms with E-state index in [9.17, 15) is 19.1 Å². The zero-order valence-electron chi connectivity index (χ0n) is 12.6. The number of nitrogens with zero attached hydrogens (tertiary/aromatic N) is 1. The van der Waals surface area contributed by atoms with Gasteiger partial charge in [0.1, 0.15) is 5.82 Å². The molecule has 1 atom stereocenters. The van der Waals surface area contributed by atoms with Crippen LogP contribution in [-0.2, 0) is 16.0 Å². The number of hydrogen-bond donors (Lipinski definition) is 1. The highest BCUT2D eigenvalue weighted by atomic mass is 79.9. The average molecular weight is 372 g/mol. The molecule has 22 heavy (non-hydrogen) atoms. The topological polar surface area (TPSA) is 57.6 Å². The van der Waals surface area contributed by atoms with E-state index in [2.05, 4.69) is 15.9 Å². The molecule has 1 heterocycles. The highest BCUT2D eigenvalue weighted by Gasteiger charge is 2.48. The quantitative estimate of drug-likeness (QED) is 0.884. The van der Waals surface area contributed by atoms with Crippen LogP contribution in [0.4, 0.5) is 4.39 Å². The average Bonchev–Trinajstić information content (AvgIpc) is 2.89. The van der Waals surface area contributed by atoms with E-state index < -0.39 is 17.2 Å². The Morgan fingerprint density at radius 3 is 2.68 bits per heavy atom. The molecule has 0 saturated carbocycles. The molecule has 1 amide bonds. The zero-order valence-corrected chi connectivity index (χ0v) is 14.2. The number of carbonyl (C=O) groups excluding carboxylic acids is 1. The van der Waals surface area contributed by atoms with E-state index in [-0.39, 0.29) is 24.8 Å². The number of hydrogen-bond acceptors (Lipinski definition) is 2. The second-order valence-electron chi connectivity index (χ2n) is 6.09. The molecule has 120 valence electrons. The summed E-state index contributed by atoms with van der Waals surface area (Å²) >= 11 is 3.30. The molecule has 1 N–H and O–H groups in total. The van der Waals surface area contributed by atoms with Crippen molar-refractivity contribution in [1.82, 2.24) is 4.90 Å². The minimum atomic E-state index is -0.880. The normalized spacial score (nSPS) is 21.4. The molecule has 0 spiro atoms. The third-order valence-electron chi connectivity index (χ3n) is 4.53. The van der Waals surface area contributed by atoms with Gasteiger partial charge >= 0.3 is 5.97 Å². The first kappa shape index (κ1) is 16.9. The van der Waals surface area contributed by atoms with Gasteiger partial charge in [0.2, 0.25) is 5.91 Å². The number of aliphatic carboxylic acids is 1. The Morgan fingerprint density at radius 2 is 2.14 bits per heavy atom. The maximum absolute atomic E-state index is 13.3. The minimum absolute atomic E-state index is 0.0521. The SMILES string of the molecule is CC(C)C1(C(=O)O)CCN(C(=O)Cc2cc(F)ccc2Br)C1. The standard InChI is InChI=1S/C16H19BrFNO3/c1-10(2)16(15(21)22)5-6-19(9-16)14(20)8-11-7-12(18)3-4-13(11)17/h3-4,7,10H,5-6,8-9H2,1-2H3,(H,21,22). The van der Waals surface area contributed by atoms with E-state index in [1.165, 1.54) is 12.1 Å². The van der Waals surface area contributed by atoms with Crippen LogP contribution in [0.2, 0.25) is 0 Å². The number of likely N-dealkylation sites (tertiary alicyclic amines) is 1. The van der Waals surface area contributed by atoms with E-state index in [0.717, 1.165) is 0 Å². The van der Waals surface area contributed by atoms with Gasteiger partial charge in [-0.1, -0.05) is 29.8 Å². The summed E-state index contributed by atoms with van der Waals surface area (Å²) in [6, 6.07) is 4.21.